The average molecular weight is 269 g/mol. The normalized spacial score (nSPS) is 10.2. The van der Waals surface area contributed by atoms with Crippen LogP contribution in [0.4, 0.5) is 17.1 Å². The van der Waals surface area contributed by atoms with Gasteiger partial charge in [-0.05, 0) is 12.8 Å². The molecule has 0 amide bonds. The highest BCUT2D eigenvalue weighted by Crippen LogP contribution is 2.34. The Morgan fingerprint density at radius 2 is 1.42 bits per heavy atom. The zero-order valence-electron chi connectivity index (χ0n) is 10.1. The summed E-state index contributed by atoms with van der Waals surface area (Å²) in [6.45, 7) is 1.84. The molecule has 1 rings (SSSR count). The number of hydrogen-bond acceptors (Lipinski definition) is 6. The molecule has 0 saturated carbocycles. The van der Waals surface area contributed by atoms with Crippen LogP contribution in [0.15, 0.2) is 12.1 Å². The molecular formula is C10H11N3O6. The van der Waals surface area contributed by atoms with Gasteiger partial charge in [0.2, 0.25) is 0 Å². The molecule has 0 N–H and O–H groups in total. The molecule has 0 atom stereocenters. The van der Waals surface area contributed by atoms with Gasteiger partial charge in [-0.1, -0.05) is 13.3 Å². The van der Waals surface area contributed by atoms with Gasteiger partial charge in [-0.2, -0.15) is 0 Å². The minimum absolute atomic E-state index is 0.0672. The van der Waals surface area contributed by atoms with E-state index >= 15 is 0 Å². The van der Waals surface area contributed by atoms with Gasteiger partial charge in [0, 0.05) is 0 Å². The van der Waals surface area contributed by atoms with E-state index in [1.165, 1.54) is 0 Å². The summed E-state index contributed by atoms with van der Waals surface area (Å²) in [4.78, 5) is 29.9. The van der Waals surface area contributed by atoms with Crippen LogP contribution in [0.25, 0.3) is 0 Å². The van der Waals surface area contributed by atoms with Crippen molar-refractivity contribution in [2.45, 2.75) is 26.2 Å². The highest BCUT2D eigenvalue weighted by Gasteiger charge is 2.29. The molecule has 0 aromatic heterocycles. The maximum atomic E-state index is 10.9. The van der Waals surface area contributed by atoms with E-state index in [0.29, 0.717) is 12.8 Å². The van der Waals surface area contributed by atoms with Crippen molar-refractivity contribution in [1.29, 1.82) is 0 Å². The Hall–Kier alpha value is -2.58. The fourth-order valence-corrected chi connectivity index (χ4v) is 1.67. The van der Waals surface area contributed by atoms with E-state index in [4.69, 9.17) is 0 Å². The van der Waals surface area contributed by atoms with E-state index in [0.717, 1.165) is 12.1 Å². The molecule has 0 aliphatic rings. The lowest BCUT2D eigenvalue weighted by Gasteiger charge is -2.03. The van der Waals surface area contributed by atoms with Gasteiger partial charge in [0.05, 0.1) is 26.9 Å². The number of non-ortho nitro benzene ring substituents is 1. The number of nitro benzene ring substituents is 3. The van der Waals surface area contributed by atoms with Gasteiger partial charge in [0.15, 0.2) is 0 Å². The van der Waals surface area contributed by atoms with Crippen LogP contribution in [0.3, 0.4) is 0 Å². The van der Waals surface area contributed by atoms with E-state index < -0.39 is 31.8 Å². The largest absolute Gasteiger partial charge is 0.286 e. The Balaban J connectivity index is 3.50. The molecule has 0 bridgehead atoms. The highest BCUT2D eigenvalue weighted by atomic mass is 16.6. The lowest BCUT2D eigenvalue weighted by atomic mass is 10.0. The third kappa shape index (κ3) is 3.21. The molecule has 0 saturated heterocycles. The van der Waals surface area contributed by atoms with Crippen LogP contribution in [0.1, 0.15) is 25.3 Å². The zero-order chi connectivity index (χ0) is 14.6. The molecule has 0 unspecified atom stereocenters. The molecule has 1 aromatic carbocycles. The number of nitro groups is 3. The Morgan fingerprint density at radius 1 is 0.947 bits per heavy atom. The van der Waals surface area contributed by atoms with Crippen molar-refractivity contribution in [3.8, 4) is 0 Å². The Kier molecular flexibility index (Phi) is 4.46. The minimum atomic E-state index is -0.885. The first kappa shape index (κ1) is 14.5. The minimum Gasteiger partial charge on any atom is -0.258 e. The van der Waals surface area contributed by atoms with Crippen LogP contribution in [-0.2, 0) is 6.42 Å². The summed E-state index contributed by atoms with van der Waals surface area (Å²) in [5.74, 6) is 0. The fourth-order valence-electron chi connectivity index (χ4n) is 1.67. The van der Waals surface area contributed by atoms with Crippen molar-refractivity contribution in [2.75, 3.05) is 0 Å². The van der Waals surface area contributed by atoms with Crippen molar-refractivity contribution in [3.05, 3.63) is 48.0 Å². The summed E-state index contributed by atoms with van der Waals surface area (Å²) in [6.07, 6.45) is 1.37. The molecule has 9 nitrogen and oxygen atoms in total. The van der Waals surface area contributed by atoms with Gasteiger partial charge in [-0.25, -0.2) is 0 Å². The summed E-state index contributed by atoms with van der Waals surface area (Å²) >= 11 is 0. The molecule has 0 aliphatic carbocycles. The third-order valence-electron chi connectivity index (χ3n) is 2.57. The zero-order valence-corrected chi connectivity index (χ0v) is 10.1. The predicted molar refractivity (Wildman–Crippen MR) is 65.0 cm³/mol. The van der Waals surface area contributed by atoms with Crippen molar-refractivity contribution in [3.63, 3.8) is 0 Å². The van der Waals surface area contributed by atoms with E-state index in [2.05, 4.69) is 0 Å². The molecule has 19 heavy (non-hydrogen) atoms. The second-order valence-electron chi connectivity index (χ2n) is 3.84. The summed E-state index contributed by atoms with van der Waals surface area (Å²) in [6, 6.07) is 1.52. The van der Waals surface area contributed by atoms with Crippen LogP contribution >= 0.6 is 0 Å². The molecule has 1 aromatic rings. The highest BCUT2D eigenvalue weighted by molar-refractivity contribution is 5.60. The Morgan fingerprint density at radius 3 is 1.74 bits per heavy atom. The summed E-state index contributed by atoms with van der Waals surface area (Å²) in [5, 5.41) is 32.4. The quantitative estimate of drug-likeness (QED) is 0.576. The van der Waals surface area contributed by atoms with Crippen molar-refractivity contribution in [1.82, 2.24) is 0 Å². The average Bonchev–Trinajstić information content (AvgIpc) is 2.34. The van der Waals surface area contributed by atoms with Crippen LogP contribution < -0.4 is 0 Å². The van der Waals surface area contributed by atoms with Crippen LogP contribution in [0, 0.1) is 30.3 Å². The lowest BCUT2D eigenvalue weighted by molar-refractivity contribution is -0.404. The van der Waals surface area contributed by atoms with E-state index in [-0.39, 0.29) is 12.0 Å². The van der Waals surface area contributed by atoms with Gasteiger partial charge in [-0.3, -0.25) is 30.3 Å². The molecule has 0 spiro atoms. The summed E-state index contributed by atoms with van der Waals surface area (Å²) in [5.41, 5.74) is -1.87. The lowest BCUT2D eigenvalue weighted by Crippen LogP contribution is -2.03. The van der Waals surface area contributed by atoms with E-state index in [1.54, 1.807) is 0 Å². The van der Waals surface area contributed by atoms with Crippen molar-refractivity contribution in [2.24, 2.45) is 0 Å². The van der Waals surface area contributed by atoms with Gasteiger partial charge >= 0.3 is 0 Å². The third-order valence-corrected chi connectivity index (χ3v) is 2.57. The van der Waals surface area contributed by atoms with Crippen LogP contribution in [0.2, 0.25) is 0 Å². The van der Waals surface area contributed by atoms with Crippen molar-refractivity contribution < 1.29 is 14.8 Å². The number of rotatable bonds is 6. The number of nitrogens with zero attached hydrogens (tertiary/aromatic N) is 3. The SMILES string of the molecule is CCCCc1c([N+](=O)[O-])cc([N+](=O)[O-])cc1[N+](=O)[O-]. The fraction of sp³-hybridized carbons (Fsp3) is 0.400. The first-order valence-electron chi connectivity index (χ1n) is 5.48. The molecule has 0 heterocycles. The Bertz CT molecular complexity index is 507. The molecule has 0 aliphatic heterocycles. The van der Waals surface area contributed by atoms with Crippen LogP contribution in [0.5, 0.6) is 0 Å². The van der Waals surface area contributed by atoms with Crippen molar-refractivity contribution >= 4 is 17.1 Å². The second-order valence-corrected chi connectivity index (χ2v) is 3.84. The van der Waals surface area contributed by atoms with Crippen LogP contribution in [-0.4, -0.2) is 14.8 Å². The first-order valence-corrected chi connectivity index (χ1v) is 5.48. The first-order chi connectivity index (χ1) is 8.88. The number of hydrogen-bond donors (Lipinski definition) is 0. The smallest absolute Gasteiger partial charge is 0.258 e. The predicted octanol–water partition coefficient (Wildman–Crippen LogP) is 2.75. The molecule has 0 radical (unpaired) electrons. The number of benzene rings is 1. The molecular weight excluding hydrogens is 258 g/mol. The Labute approximate surface area is 107 Å². The maximum absolute atomic E-state index is 10.9. The number of unbranched alkanes of at least 4 members (excludes halogenated alkanes) is 1. The molecule has 0 fully saturated rings. The molecule has 102 valence electrons. The summed E-state index contributed by atoms with van der Waals surface area (Å²) < 4.78 is 0. The van der Waals surface area contributed by atoms with E-state index in [1.807, 2.05) is 6.92 Å². The topological polar surface area (TPSA) is 129 Å². The second kappa shape index (κ2) is 5.85. The monoisotopic (exact) mass is 269 g/mol. The maximum Gasteiger partial charge on any atom is 0.286 e. The standard InChI is InChI=1S/C10H11N3O6/c1-2-3-4-8-9(12(16)17)5-7(11(14)15)6-10(8)13(18)19/h5-6H,2-4H2,1H3. The van der Waals surface area contributed by atoms with E-state index in [9.17, 15) is 30.3 Å². The van der Waals surface area contributed by atoms with Gasteiger partial charge in [-0.15, -0.1) is 0 Å². The summed E-state index contributed by atoms with van der Waals surface area (Å²) in [7, 11) is 0. The van der Waals surface area contributed by atoms with Gasteiger partial charge in [0.25, 0.3) is 17.1 Å². The van der Waals surface area contributed by atoms with Gasteiger partial charge in [0.1, 0.15) is 5.56 Å². The molecule has 9 heteroatoms. The van der Waals surface area contributed by atoms with Gasteiger partial charge < -0.3 is 0 Å².